The highest BCUT2D eigenvalue weighted by Crippen LogP contribution is 2.17. The molecule has 2 heterocycles. The summed E-state index contributed by atoms with van der Waals surface area (Å²) in [6.45, 7) is 5.89. The van der Waals surface area contributed by atoms with Crippen molar-refractivity contribution in [2.75, 3.05) is 12.3 Å². The van der Waals surface area contributed by atoms with Gasteiger partial charge in [0, 0.05) is 5.69 Å². The summed E-state index contributed by atoms with van der Waals surface area (Å²) in [5.74, 6) is 0.345. The molecule has 0 aromatic carbocycles. The molecule has 19 heavy (non-hydrogen) atoms. The van der Waals surface area contributed by atoms with Crippen LogP contribution in [-0.4, -0.2) is 27.1 Å². The molecule has 0 unspecified atom stereocenters. The molecule has 0 bridgehead atoms. The predicted octanol–water partition coefficient (Wildman–Crippen LogP) is 1.64. The second-order valence-corrected chi connectivity index (χ2v) is 4.21. The fourth-order valence-corrected chi connectivity index (χ4v) is 1.84. The van der Waals surface area contributed by atoms with E-state index in [1.165, 1.54) is 6.33 Å². The van der Waals surface area contributed by atoms with Gasteiger partial charge in [-0.3, -0.25) is 4.57 Å². The first-order chi connectivity index (χ1) is 9.02. The minimum absolute atomic E-state index is 0.114. The van der Waals surface area contributed by atoms with Gasteiger partial charge >= 0.3 is 5.97 Å². The number of hydrogen-bond donors (Lipinski definition) is 1. The number of nitrogen functional groups attached to an aromatic ring is 1. The van der Waals surface area contributed by atoms with Crippen LogP contribution in [-0.2, 0) is 4.74 Å². The van der Waals surface area contributed by atoms with E-state index in [0.29, 0.717) is 5.82 Å². The molecule has 0 amide bonds. The number of ether oxygens (including phenoxy) is 1. The molecular weight excluding hydrogens is 244 g/mol. The van der Waals surface area contributed by atoms with E-state index >= 15 is 0 Å². The monoisotopic (exact) mass is 260 g/mol. The second kappa shape index (κ2) is 5.09. The number of nitrogens with zero attached hydrogens (tertiary/aromatic N) is 3. The molecule has 2 rings (SSSR count). The van der Waals surface area contributed by atoms with Crippen LogP contribution in [0.4, 0.5) is 5.82 Å². The van der Waals surface area contributed by atoms with Crippen LogP contribution >= 0.6 is 0 Å². The topological polar surface area (TPSA) is 83.0 Å². The van der Waals surface area contributed by atoms with Crippen molar-refractivity contribution in [3.05, 3.63) is 35.4 Å². The maximum absolute atomic E-state index is 11.6. The van der Waals surface area contributed by atoms with Gasteiger partial charge in [-0.25, -0.2) is 14.8 Å². The Labute approximate surface area is 111 Å². The summed E-state index contributed by atoms with van der Waals surface area (Å²) in [6, 6.07) is 3.84. The lowest BCUT2D eigenvalue weighted by Gasteiger charge is -2.07. The predicted molar refractivity (Wildman–Crippen MR) is 71.2 cm³/mol. The Morgan fingerprint density at radius 3 is 2.79 bits per heavy atom. The molecular formula is C13H16N4O2. The first-order valence-electron chi connectivity index (χ1n) is 5.98. The maximum atomic E-state index is 11.6. The Morgan fingerprint density at radius 2 is 2.16 bits per heavy atom. The SMILES string of the molecule is CCOC(=O)c1ncn(-c2cc(C)cc(C)n2)c1N. The van der Waals surface area contributed by atoms with Crippen molar-refractivity contribution in [3.8, 4) is 5.82 Å². The van der Waals surface area contributed by atoms with E-state index in [9.17, 15) is 4.79 Å². The third-order valence-electron chi connectivity index (χ3n) is 2.60. The maximum Gasteiger partial charge on any atom is 0.360 e. The number of aromatic nitrogens is 3. The Kier molecular flexibility index (Phi) is 3.50. The smallest absolute Gasteiger partial charge is 0.360 e. The number of carbonyl (C=O) groups is 1. The summed E-state index contributed by atoms with van der Waals surface area (Å²) < 4.78 is 6.47. The van der Waals surface area contributed by atoms with E-state index in [0.717, 1.165) is 11.3 Å². The first kappa shape index (κ1) is 13.1. The lowest BCUT2D eigenvalue weighted by atomic mass is 10.2. The average molecular weight is 260 g/mol. The summed E-state index contributed by atoms with van der Waals surface area (Å²) >= 11 is 0. The van der Waals surface area contributed by atoms with Crippen molar-refractivity contribution in [2.45, 2.75) is 20.8 Å². The average Bonchev–Trinajstić information content (AvgIpc) is 2.70. The highest BCUT2D eigenvalue weighted by molar-refractivity contribution is 5.92. The van der Waals surface area contributed by atoms with Crippen molar-refractivity contribution in [2.24, 2.45) is 0 Å². The Balaban J connectivity index is 2.44. The molecule has 0 radical (unpaired) electrons. The van der Waals surface area contributed by atoms with Gasteiger partial charge in [0.05, 0.1) is 6.61 Å². The fraction of sp³-hybridized carbons (Fsp3) is 0.308. The van der Waals surface area contributed by atoms with Gasteiger partial charge < -0.3 is 10.5 Å². The standard InChI is InChI=1S/C13H16N4O2/c1-4-19-13(18)11-12(14)17(7-15-11)10-6-8(2)5-9(3)16-10/h5-7H,4,14H2,1-3H3. The Morgan fingerprint density at radius 1 is 1.42 bits per heavy atom. The summed E-state index contributed by atoms with van der Waals surface area (Å²) in [5, 5.41) is 0. The van der Waals surface area contributed by atoms with E-state index in [2.05, 4.69) is 9.97 Å². The van der Waals surface area contributed by atoms with Crippen LogP contribution in [0.5, 0.6) is 0 Å². The van der Waals surface area contributed by atoms with Gasteiger partial charge in [0.15, 0.2) is 5.69 Å². The minimum atomic E-state index is -0.525. The van der Waals surface area contributed by atoms with Crippen LogP contribution < -0.4 is 5.73 Å². The highest BCUT2D eigenvalue weighted by Gasteiger charge is 2.18. The zero-order valence-corrected chi connectivity index (χ0v) is 11.2. The van der Waals surface area contributed by atoms with Crippen LogP contribution in [0.3, 0.4) is 0 Å². The van der Waals surface area contributed by atoms with Gasteiger partial charge in [-0.2, -0.15) is 0 Å². The summed E-state index contributed by atoms with van der Waals surface area (Å²) in [7, 11) is 0. The van der Waals surface area contributed by atoms with Gasteiger partial charge in [0.2, 0.25) is 0 Å². The number of nitrogens with two attached hydrogens (primary N) is 1. The van der Waals surface area contributed by atoms with E-state index in [-0.39, 0.29) is 18.1 Å². The molecule has 100 valence electrons. The van der Waals surface area contributed by atoms with Gasteiger partial charge in [-0.15, -0.1) is 0 Å². The number of anilines is 1. The molecule has 0 atom stereocenters. The third-order valence-corrected chi connectivity index (χ3v) is 2.60. The van der Waals surface area contributed by atoms with Gasteiger partial charge in [0.1, 0.15) is 18.0 Å². The highest BCUT2D eigenvalue weighted by atomic mass is 16.5. The molecule has 0 aliphatic heterocycles. The number of pyridine rings is 1. The van der Waals surface area contributed by atoms with Crippen LogP contribution in [0.1, 0.15) is 28.7 Å². The largest absolute Gasteiger partial charge is 0.461 e. The van der Waals surface area contributed by atoms with Crippen LogP contribution in [0, 0.1) is 13.8 Å². The lowest BCUT2D eigenvalue weighted by Crippen LogP contribution is -2.10. The molecule has 0 saturated carbocycles. The lowest BCUT2D eigenvalue weighted by molar-refractivity contribution is 0.0521. The van der Waals surface area contributed by atoms with E-state index in [1.54, 1.807) is 11.5 Å². The molecule has 0 saturated heterocycles. The second-order valence-electron chi connectivity index (χ2n) is 4.21. The molecule has 6 heteroatoms. The molecule has 0 spiro atoms. The van der Waals surface area contributed by atoms with E-state index < -0.39 is 5.97 Å². The first-order valence-corrected chi connectivity index (χ1v) is 5.98. The zero-order chi connectivity index (χ0) is 14.0. The van der Waals surface area contributed by atoms with Crippen molar-refractivity contribution in [3.63, 3.8) is 0 Å². The van der Waals surface area contributed by atoms with Crippen LogP contribution in [0.15, 0.2) is 18.5 Å². The Bertz CT molecular complexity index is 599. The van der Waals surface area contributed by atoms with Crippen LogP contribution in [0.25, 0.3) is 5.82 Å². The molecule has 0 aliphatic rings. The minimum Gasteiger partial charge on any atom is -0.461 e. The Hall–Kier alpha value is -2.37. The molecule has 6 nitrogen and oxygen atoms in total. The zero-order valence-electron chi connectivity index (χ0n) is 11.2. The van der Waals surface area contributed by atoms with Gasteiger partial charge in [-0.05, 0) is 38.5 Å². The van der Waals surface area contributed by atoms with Gasteiger partial charge in [0.25, 0.3) is 0 Å². The molecule has 0 aliphatic carbocycles. The summed E-state index contributed by atoms with van der Waals surface area (Å²) in [4.78, 5) is 20.0. The van der Waals surface area contributed by atoms with E-state index in [1.807, 2.05) is 26.0 Å². The normalized spacial score (nSPS) is 10.5. The van der Waals surface area contributed by atoms with Crippen molar-refractivity contribution in [1.82, 2.24) is 14.5 Å². The molecule has 2 aromatic rings. The quantitative estimate of drug-likeness (QED) is 0.848. The fourth-order valence-electron chi connectivity index (χ4n) is 1.84. The summed E-state index contributed by atoms with van der Waals surface area (Å²) in [5.41, 5.74) is 7.98. The molecule has 2 aromatic heterocycles. The number of esters is 1. The number of carbonyl (C=O) groups excluding carboxylic acids is 1. The molecule has 2 N–H and O–H groups in total. The number of rotatable bonds is 3. The van der Waals surface area contributed by atoms with Crippen molar-refractivity contribution < 1.29 is 9.53 Å². The number of aryl methyl sites for hydroxylation is 2. The number of imidazole rings is 1. The third kappa shape index (κ3) is 2.57. The summed E-state index contributed by atoms with van der Waals surface area (Å²) in [6.07, 6.45) is 1.48. The van der Waals surface area contributed by atoms with E-state index in [4.69, 9.17) is 10.5 Å². The van der Waals surface area contributed by atoms with Crippen LogP contribution in [0.2, 0.25) is 0 Å². The molecule has 0 fully saturated rings. The number of hydrogen-bond acceptors (Lipinski definition) is 5. The van der Waals surface area contributed by atoms with Crippen molar-refractivity contribution >= 4 is 11.8 Å². The van der Waals surface area contributed by atoms with Crippen molar-refractivity contribution in [1.29, 1.82) is 0 Å². The van der Waals surface area contributed by atoms with Gasteiger partial charge in [-0.1, -0.05) is 0 Å².